The molecule has 2 unspecified atom stereocenters. The summed E-state index contributed by atoms with van der Waals surface area (Å²) < 4.78 is 8.66. The summed E-state index contributed by atoms with van der Waals surface area (Å²) in [5.74, 6) is 2.59. The summed E-state index contributed by atoms with van der Waals surface area (Å²) in [6, 6.07) is 13.2. The van der Waals surface area contributed by atoms with Crippen LogP contribution < -0.4 is 4.74 Å². The highest BCUT2D eigenvalue weighted by atomic mass is 16.5. The van der Waals surface area contributed by atoms with Gasteiger partial charge in [0.15, 0.2) is 11.5 Å². The van der Waals surface area contributed by atoms with Gasteiger partial charge in [-0.2, -0.15) is 0 Å². The molecular formula is C24H30N4O. The van der Waals surface area contributed by atoms with Crippen molar-refractivity contribution >= 4 is 5.65 Å². The molecule has 5 nitrogen and oxygen atoms in total. The van der Waals surface area contributed by atoms with Crippen molar-refractivity contribution < 1.29 is 4.74 Å². The number of likely N-dealkylation sites (tertiary alicyclic amines) is 1. The maximum atomic E-state index is 6.54. The first-order valence-corrected chi connectivity index (χ1v) is 11.0. The summed E-state index contributed by atoms with van der Waals surface area (Å²) in [6.45, 7) is 3.40. The predicted molar refractivity (Wildman–Crippen MR) is 114 cm³/mol. The van der Waals surface area contributed by atoms with E-state index in [-0.39, 0.29) is 6.10 Å². The van der Waals surface area contributed by atoms with E-state index in [4.69, 9.17) is 4.74 Å². The number of rotatable bonds is 5. The molecule has 0 saturated carbocycles. The van der Waals surface area contributed by atoms with Crippen molar-refractivity contribution in [1.29, 1.82) is 0 Å². The minimum absolute atomic E-state index is 0.117. The maximum Gasteiger partial charge on any atom is 0.161 e. The van der Waals surface area contributed by atoms with Gasteiger partial charge in [-0.3, -0.25) is 9.30 Å². The van der Waals surface area contributed by atoms with Crippen LogP contribution in [0.25, 0.3) is 5.65 Å². The molecule has 1 saturated heterocycles. The number of pyridine rings is 1. The van der Waals surface area contributed by atoms with Crippen LogP contribution in [0.1, 0.15) is 80.5 Å². The summed E-state index contributed by atoms with van der Waals surface area (Å²) in [4.78, 5) is 2.37. The van der Waals surface area contributed by atoms with Crippen molar-refractivity contribution in [2.75, 3.05) is 13.6 Å². The van der Waals surface area contributed by atoms with Crippen LogP contribution in [0, 0.1) is 0 Å². The quantitative estimate of drug-likeness (QED) is 0.593. The second-order valence-electron chi connectivity index (χ2n) is 8.59. The number of hydrogen-bond donors (Lipinski definition) is 0. The lowest BCUT2D eigenvalue weighted by molar-refractivity contribution is 0.174. The Kier molecular flexibility index (Phi) is 5.00. The number of benzene rings is 1. The van der Waals surface area contributed by atoms with Crippen molar-refractivity contribution in [3.05, 3.63) is 59.5 Å². The Hall–Kier alpha value is -2.40. The molecule has 0 amide bonds. The van der Waals surface area contributed by atoms with Gasteiger partial charge < -0.3 is 4.74 Å². The monoisotopic (exact) mass is 390 g/mol. The first-order chi connectivity index (χ1) is 14.2. The number of aromatic nitrogens is 3. The highest BCUT2D eigenvalue weighted by Gasteiger charge is 2.29. The highest BCUT2D eigenvalue weighted by molar-refractivity contribution is 5.42. The number of hydrogen-bond acceptors (Lipinski definition) is 4. The minimum Gasteiger partial charge on any atom is -0.484 e. The third-order valence-electron chi connectivity index (χ3n) is 6.70. The van der Waals surface area contributed by atoms with Crippen molar-refractivity contribution in [2.45, 2.75) is 63.5 Å². The van der Waals surface area contributed by atoms with Gasteiger partial charge in [-0.15, -0.1) is 10.2 Å². The third-order valence-corrected chi connectivity index (χ3v) is 6.70. The van der Waals surface area contributed by atoms with E-state index in [2.05, 4.69) is 63.9 Å². The van der Waals surface area contributed by atoms with Gasteiger partial charge in [0.2, 0.25) is 0 Å². The largest absolute Gasteiger partial charge is 0.484 e. The van der Waals surface area contributed by atoms with E-state index in [1.165, 1.54) is 36.8 Å². The first-order valence-electron chi connectivity index (χ1n) is 11.0. The van der Waals surface area contributed by atoms with Gasteiger partial charge in [0.1, 0.15) is 11.9 Å². The van der Waals surface area contributed by atoms with E-state index in [9.17, 15) is 0 Å². The standard InChI is InChI=1S/C24H30N4O/c1-3-7-17-11-13-22(20-9-5-4-8-19(17)20)29-18-12-14-23-25-26-24(28(23)16-18)21-10-6-15-27(21)2/h4-5,8-9,12,14,16-17,21-22H,3,6-7,10-11,13,15H2,1-2H3/t17?,21-,22?/m0/s1. The smallest absolute Gasteiger partial charge is 0.161 e. The van der Waals surface area contributed by atoms with Crippen molar-refractivity contribution in [3.63, 3.8) is 0 Å². The lowest BCUT2D eigenvalue weighted by atomic mass is 9.79. The Labute approximate surface area is 172 Å². The van der Waals surface area contributed by atoms with Gasteiger partial charge in [0, 0.05) is 0 Å². The summed E-state index contributed by atoms with van der Waals surface area (Å²) in [5, 5.41) is 8.88. The van der Waals surface area contributed by atoms with Gasteiger partial charge in [0.05, 0.1) is 12.2 Å². The van der Waals surface area contributed by atoms with Crippen molar-refractivity contribution in [1.82, 2.24) is 19.5 Å². The fourth-order valence-corrected chi connectivity index (χ4v) is 5.20. The highest BCUT2D eigenvalue weighted by Crippen LogP contribution is 2.42. The van der Waals surface area contributed by atoms with Crippen molar-refractivity contribution in [3.8, 4) is 5.75 Å². The summed E-state index contributed by atoms with van der Waals surface area (Å²) in [6.07, 6.45) is 9.30. The van der Waals surface area contributed by atoms with Gasteiger partial charge in [0.25, 0.3) is 0 Å². The van der Waals surface area contributed by atoms with Crippen LogP contribution in [-0.2, 0) is 0 Å². The second kappa shape index (κ2) is 7.79. The third kappa shape index (κ3) is 3.42. The molecule has 1 aliphatic heterocycles. The van der Waals surface area contributed by atoms with Crippen molar-refractivity contribution in [2.24, 2.45) is 0 Å². The Balaban J connectivity index is 1.44. The molecule has 29 heavy (non-hydrogen) atoms. The number of nitrogens with zero attached hydrogens (tertiary/aromatic N) is 4. The maximum absolute atomic E-state index is 6.54. The van der Waals surface area contributed by atoms with Gasteiger partial charge >= 0.3 is 0 Å². The lowest BCUT2D eigenvalue weighted by Crippen LogP contribution is -2.20. The molecule has 2 aliphatic rings. The molecule has 5 rings (SSSR count). The van der Waals surface area contributed by atoms with E-state index in [0.29, 0.717) is 12.0 Å². The molecule has 1 fully saturated rings. The molecule has 0 N–H and O–H groups in total. The van der Waals surface area contributed by atoms with E-state index in [1.54, 1.807) is 0 Å². The summed E-state index contributed by atoms with van der Waals surface area (Å²) in [5.41, 5.74) is 3.72. The molecule has 152 valence electrons. The van der Waals surface area contributed by atoms with Gasteiger partial charge in [-0.05, 0) is 74.9 Å². The first kappa shape index (κ1) is 18.6. The molecule has 3 aromatic rings. The summed E-state index contributed by atoms with van der Waals surface area (Å²) in [7, 11) is 2.17. The Bertz CT molecular complexity index is 997. The Morgan fingerprint density at radius 1 is 1.03 bits per heavy atom. The molecule has 3 heterocycles. The zero-order valence-corrected chi connectivity index (χ0v) is 17.4. The molecule has 1 aromatic carbocycles. The second-order valence-corrected chi connectivity index (χ2v) is 8.59. The molecule has 5 heteroatoms. The zero-order chi connectivity index (χ0) is 19.8. The predicted octanol–water partition coefficient (Wildman–Crippen LogP) is 5.29. The van der Waals surface area contributed by atoms with Crippen LogP contribution >= 0.6 is 0 Å². The number of fused-ring (bicyclic) bond motifs is 2. The molecule has 0 radical (unpaired) electrons. The lowest BCUT2D eigenvalue weighted by Gasteiger charge is -2.32. The van der Waals surface area contributed by atoms with E-state index in [0.717, 1.165) is 36.6 Å². The average molecular weight is 391 g/mol. The van der Waals surface area contributed by atoms with Crippen LogP contribution in [-0.4, -0.2) is 33.1 Å². The van der Waals surface area contributed by atoms with E-state index in [1.807, 2.05) is 12.1 Å². The fourth-order valence-electron chi connectivity index (χ4n) is 5.20. The SMILES string of the molecule is CCCC1CCC(Oc2ccc3nnc([C@@H]4CCCN4C)n3c2)c2ccccc21. The van der Waals surface area contributed by atoms with E-state index < -0.39 is 0 Å². The van der Waals surface area contributed by atoms with Crippen LogP contribution in [0.4, 0.5) is 0 Å². The average Bonchev–Trinajstić information content (AvgIpc) is 3.35. The van der Waals surface area contributed by atoms with Crippen LogP contribution in [0.5, 0.6) is 5.75 Å². The molecule has 0 spiro atoms. The molecule has 2 aromatic heterocycles. The van der Waals surface area contributed by atoms with Gasteiger partial charge in [-0.1, -0.05) is 37.6 Å². The minimum atomic E-state index is 0.117. The van der Waals surface area contributed by atoms with Crippen LogP contribution in [0.2, 0.25) is 0 Å². The Morgan fingerprint density at radius 2 is 1.90 bits per heavy atom. The topological polar surface area (TPSA) is 42.7 Å². The molecule has 3 atom stereocenters. The molecule has 0 bridgehead atoms. The molecule has 1 aliphatic carbocycles. The van der Waals surface area contributed by atoms with Crippen LogP contribution in [0.15, 0.2) is 42.6 Å². The summed E-state index contributed by atoms with van der Waals surface area (Å²) >= 11 is 0. The van der Waals surface area contributed by atoms with E-state index >= 15 is 0 Å². The van der Waals surface area contributed by atoms with Gasteiger partial charge in [-0.25, -0.2) is 0 Å². The fraction of sp³-hybridized carbons (Fsp3) is 0.500. The number of ether oxygens (including phenoxy) is 1. The normalized spacial score (nSPS) is 24.7. The zero-order valence-electron chi connectivity index (χ0n) is 17.4. The Morgan fingerprint density at radius 3 is 2.69 bits per heavy atom. The van der Waals surface area contributed by atoms with Crippen LogP contribution in [0.3, 0.4) is 0 Å². The molecular weight excluding hydrogens is 360 g/mol.